The van der Waals surface area contributed by atoms with Crippen LogP contribution >= 0.6 is 11.3 Å². The molecule has 0 radical (unpaired) electrons. The van der Waals surface area contributed by atoms with Crippen molar-refractivity contribution >= 4 is 69.7 Å². The van der Waals surface area contributed by atoms with Gasteiger partial charge in [-0.25, -0.2) is 19.9 Å². The molecule has 0 spiro atoms. The fourth-order valence-corrected chi connectivity index (χ4v) is 8.75. The predicted molar refractivity (Wildman–Crippen MR) is 216 cm³/mol. The van der Waals surface area contributed by atoms with Crippen molar-refractivity contribution < 1.29 is 0 Å². The van der Waals surface area contributed by atoms with E-state index in [-0.39, 0.29) is 0 Å². The lowest BCUT2D eigenvalue weighted by Crippen LogP contribution is -2.00. The summed E-state index contributed by atoms with van der Waals surface area (Å²) in [5, 5.41) is 7.33. The first-order valence-electron chi connectivity index (χ1n) is 17.3. The van der Waals surface area contributed by atoms with Crippen molar-refractivity contribution in [2.45, 2.75) is 0 Å². The summed E-state index contributed by atoms with van der Waals surface area (Å²) in [6.45, 7) is 0. The van der Waals surface area contributed by atoms with Gasteiger partial charge in [-0.15, -0.1) is 11.3 Å². The highest BCUT2D eigenvalue weighted by Crippen LogP contribution is 2.43. The molecule has 11 rings (SSSR count). The van der Waals surface area contributed by atoms with Gasteiger partial charge in [0.15, 0.2) is 23.1 Å². The van der Waals surface area contributed by atoms with Gasteiger partial charge in [-0.2, -0.15) is 0 Å². The van der Waals surface area contributed by atoms with Gasteiger partial charge in [-0.3, -0.25) is 4.40 Å². The number of hydrogen-bond donors (Lipinski definition) is 0. The minimum absolute atomic E-state index is 0.632. The van der Waals surface area contributed by atoms with E-state index in [9.17, 15) is 0 Å². The molecule has 4 aromatic heterocycles. The Kier molecular flexibility index (Phi) is 6.35. The minimum Gasteiger partial charge on any atom is -0.291 e. The van der Waals surface area contributed by atoms with Gasteiger partial charge in [0.1, 0.15) is 0 Å². The molecular weight excluding hydrogens is 655 g/mol. The first-order valence-corrected chi connectivity index (χ1v) is 18.1. The lowest BCUT2D eigenvalue weighted by atomic mass is 10.0. The lowest BCUT2D eigenvalue weighted by Gasteiger charge is -2.11. The number of nitrogens with zero attached hydrogens (tertiary/aromatic N) is 5. The molecule has 0 aliphatic carbocycles. The maximum absolute atomic E-state index is 5.21. The Bertz CT molecular complexity index is 3180. The van der Waals surface area contributed by atoms with Gasteiger partial charge in [0.25, 0.3) is 0 Å². The molecule has 0 atom stereocenters. The Balaban J connectivity index is 1.09. The monoisotopic (exact) mass is 681 g/mol. The largest absolute Gasteiger partial charge is 0.291 e. The Hall–Kier alpha value is -6.76. The van der Waals surface area contributed by atoms with Crippen LogP contribution in [0.2, 0.25) is 0 Å². The van der Waals surface area contributed by atoms with E-state index in [4.69, 9.17) is 19.9 Å². The SMILES string of the molecule is c1ccc(-c2nc(-c3ccc(-c4cc5c6ccc7ccccc7c6sc5c5nc6ccccc6n45)cc3)nc(-c3ccc4ccccc4c3)n2)cc1. The maximum atomic E-state index is 5.21. The van der Waals surface area contributed by atoms with Crippen molar-refractivity contribution in [2.75, 3.05) is 0 Å². The Morgan fingerprint density at radius 3 is 1.83 bits per heavy atom. The number of aromatic nitrogens is 5. The van der Waals surface area contributed by atoms with E-state index in [1.165, 1.54) is 36.3 Å². The number of imidazole rings is 1. The average molecular weight is 682 g/mol. The molecule has 5 nitrogen and oxygen atoms in total. The van der Waals surface area contributed by atoms with E-state index in [0.29, 0.717) is 17.5 Å². The molecule has 242 valence electrons. The minimum atomic E-state index is 0.632. The third-order valence-corrected chi connectivity index (χ3v) is 11.3. The van der Waals surface area contributed by atoms with E-state index in [1.807, 2.05) is 41.7 Å². The fourth-order valence-electron chi connectivity index (χ4n) is 7.46. The van der Waals surface area contributed by atoms with E-state index in [0.717, 1.165) is 50.0 Å². The summed E-state index contributed by atoms with van der Waals surface area (Å²) in [6, 6.07) is 57.3. The number of rotatable bonds is 4. The zero-order valence-corrected chi connectivity index (χ0v) is 28.5. The maximum Gasteiger partial charge on any atom is 0.164 e. The predicted octanol–water partition coefficient (Wildman–Crippen LogP) is 12.0. The number of pyridine rings is 1. The van der Waals surface area contributed by atoms with Crippen LogP contribution in [0.15, 0.2) is 164 Å². The van der Waals surface area contributed by atoms with Gasteiger partial charge in [-0.1, -0.05) is 140 Å². The van der Waals surface area contributed by atoms with Gasteiger partial charge >= 0.3 is 0 Å². The molecule has 11 aromatic rings. The molecule has 0 amide bonds. The second-order valence-electron chi connectivity index (χ2n) is 13.1. The molecule has 7 aromatic carbocycles. The summed E-state index contributed by atoms with van der Waals surface area (Å²) >= 11 is 1.83. The molecule has 0 bridgehead atoms. The summed E-state index contributed by atoms with van der Waals surface area (Å²) in [6.07, 6.45) is 0. The molecule has 0 saturated carbocycles. The Morgan fingerprint density at radius 1 is 0.385 bits per heavy atom. The highest BCUT2D eigenvalue weighted by molar-refractivity contribution is 7.27. The van der Waals surface area contributed by atoms with Crippen LogP contribution in [0.4, 0.5) is 0 Å². The van der Waals surface area contributed by atoms with Gasteiger partial charge in [0.2, 0.25) is 0 Å². The molecule has 4 heterocycles. The van der Waals surface area contributed by atoms with Crippen LogP contribution in [-0.2, 0) is 0 Å². The molecule has 52 heavy (non-hydrogen) atoms. The van der Waals surface area contributed by atoms with E-state index in [1.54, 1.807) is 0 Å². The second-order valence-corrected chi connectivity index (χ2v) is 14.1. The highest BCUT2D eigenvalue weighted by Gasteiger charge is 2.19. The zero-order chi connectivity index (χ0) is 34.2. The third kappa shape index (κ3) is 4.55. The highest BCUT2D eigenvalue weighted by atomic mass is 32.1. The lowest BCUT2D eigenvalue weighted by molar-refractivity contribution is 1.07. The van der Waals surface area contributed by atoms with Crippen LogP contribution in [0.5, 0.6) is 0 Å². The normalized spacial score (nSPS) is 11.8. The molecule has 0 aliphatic heterocycles. The van der Waals surface area contributed by atoms with Gasteiger partial charge in [0.05, 0.1) is 21.4 Å². The summed E-state index contributed by atoms with van der Waals surface area (Å²) in [4.78, 5) is 20.2. The van der Waals surface area contributed by atoms with E-state index < -0.39 is 0 Å². The van der Waals surface area contributed by atoms with E-state index in [2.05, 4.69) is 138 Å². The second kappa shape index (κ2) is 11.4. The molecule has 0 saturated heterocycles. The molecule has 0 fully saturated rings. The topological polar surface area (TPSA) is 56.0 Å². The van der Waals surface area contributed by atoms with Crippen LogP contribution in [0.25, 0.3) is 104 Å². The zero-order valence-electron chi connectivity index (χ0n) is 27.7. The summed E-state index contributed by atoms with van der Waals surface area (Å²) < 4.78 is 4.81. The first kappa shape index (κ1) is 29.0. The Morgan fingerprint density at radius 2 is 1.00 bits per heavy atom. The van der Waals surface area contributed by atoms with Crippen LogP contribution in [0.1, 0.15) is 0 Å². The van der Waals surface area contributed by atoms with Gasteiger partial charge in [-0.05, 0) is 51.4 Å². The number of thiophene rings is 1. The first-order chi connectivity index (χ1) is 25.7. The third-order valence-electron chi connectivity index (χ3n) is 10.0. The van der Waals surface area contributed by atoms with Crippen LogP contribution in [-0.4, -0.2) is 24.3 Å². The number of hydrogen-bond acceptors (Lipinski definition) is 5. The summed E-state index contributed by atoms with van der Waals surface area (Å²) in [5.74, 6) is 1.92. The molecule has 6 heteroatoms. The van der Waals surface area contributed by atoms with Crippen molar-refractivity contribution in [1.29, 1.82) is 0 Å². The average Bonchev–Trinajstić information content (AvgIpc) is 3.80. The molecular formula is C46H27N5S. The molecule has 0 N–H and O–H groups in total. The Labute approximate surface area is 302 Å². The number of benzene rings is 7. The number of fused-ring (bicyclic) bond motifs is 10. The van der Waals surface area contributed by atoms with Crippen molar-refractivity contribution in [3.63, 3.8) is 0 Å². The molecule has 0 unspecified atom stereocenters. The standard InChI is InChI=1S/C46H27N5S/c1-2-12-31(13-3-1)43-48-44(50-45(49-43)34-23-18-28-10-4-5-14-33(28)26-34)32-21-19-30(20-22-32)40-27-37-36-25-24-29-11-6-7-15-35(29)41(36)52-42(37)46-47-38-16-8-9-17-39(38)51(40)46/h1-27H. The van der Waals surface area contributed by atoms with Crippen LogP contribution in [0.3, 0.4) is 0 Å². The van der Waals surface area contributed by atoms with Crippen molar-refractivity contribution in [1.82, 2.24) is 24.3 Å². The summed E-state index contributed by atoms with van der Waals surface area (Å²) in [7, 11) is 0. The van der Waals surface area contributed by atoms with Gasteiger partial charge in [0, 0.05) is 32.2 Å². The quantitative estimate of drug-likeness (QED) is 0.185. The molecule has 0 aliphatic rings. The fraction of sp³-hybridized carbons (Fsp3) is 0. The van der Waals surface area contributed by atoms with E-state index >= 15 is 0 Å². The van der Waals surface area contributed by atoms with Crippen molar-refractivity contribution in [2.24, 2.45) is 0 Å². The number of para-hydroxylation sites is 2. The smallest absolute Gasteiger partial charge is 0.164 e. The van der Waals surface area contributed by atoms with Crippen LogP contribution < -0.4 is 0 Å². The van der Waals surface area contributed by atoms with Crippen molar-refractivity contribution in [3.8, 4) is 45.4 Å². The van der Waals surface area contributed by atoms with Gasteiger partial charge < -0.3 is 0 Å². The summed E-state index contributed by atoms with van der Waals surface area (Å²) in [5.41, 5.74) is 8.05. The van der Waals surface area contributed by atoms with Crippen LogP contribution in [0, 0.1) is 0 Å². The van der Waals surface area contributed by atoms with Crippen molar-refractivity contribution in [3.05, 3.63) is 164 Å².